The molecular formula is C24H21F4N5O2. The number of benzene rings is 2. The van der Waals surface area contributed by atoms with Gasteiger partial charge in [-0.15, -0.1) is 0 Å². The third-order valence-electron chi connectivity index (χ3n) is 5.66. The van der Waals surface area contributed by atoms with Crippen LogP contribution in [0.2, 0.25) is 0 Å². The summed E-state index contributed by atoms with van der Waals surface area (Å²) in [6, 6.07) is 10.4. The molecule has 35 heavy (non-hydrogen) atoms. The highest BCUT2D eigenvalue weighted by Gasteiger charge is 2.39. The summed E-state index contributed by atoms with van der Waals surface area (Å²) in [6.45, 7) is 1.20. The molecule has 7 nitrogen and oxygen atoms in total. The number of methoxy groups -OCH3 is 1. The van der Waals surface area contributed by atoms with Crippen molar-refractivity contribution in [2.45, 2.75) is 25.6 Å². The Balaban J connectivity index is 1.59. The highest BCUT2D eigenvalue weighted by Crippen LogP contribution is 2.39. The number of nitrogens with one attached hydrogen (secondary N) is 1. The lowest BCUT2D eigenvalue weighted by molar-refractivity contribution is -0.146. The summed E-state index contributed by atoms with van der Waals surface area (Å²) < 4.78 is 60.4. The zero-order valence-corrected chi connectivity index (χ0v) is 18.7. The van der Waals surface area contributed by atoms with Gasteiger partial charge in [0, 0.05) is 24.0 Å². The second kappa shape index (κ2) is 9.24. The van der Waals surface area contributed by atoms with Crippen molar-refractivity contribution >= 4 is 22.8 Å². The molecule has 0 saturated carbocycles. The van der Waals surface area contributed by atoms with Gasteiger partial charge in [-0.05, 0) is 42.8 Å². The van der Waals surface area contributed by atoms with Gasteiger partial charge in [-0.2, -0.15) is 13.2 Å². The van der Waals surface area contributed by atoms with Crippen molar-refractivity contribution in [3.63, 3.8) is 0 Å². The maximum Gasteiger partial charge on any atom is 0.395 e. The molecule has 0 fully saturated rings. The van der Waals surface area contributed by atoms with Crippen molar-refractivity contribution in [1.82, 2.24) is 19.9 Å². The second-order valence-corrected chi connectivity index (χ2v) is 7.87. The standard InChI is InChI=1S/C24H21F4N5O2/c1-13(24(26,27)28)18-11-33(21-20(18)31-12-32-22(21)29)16-6-3-14(4-7-16)10-30-23(34)17-9-15(25)5-8-19(17)35-2/h3-9,11-13H,10H2,1-2H3,(H,30,34)(H2,29,31,32). The molecule has 4 aromatic rings. The van der Waals surface area contributed by atoms with Crippen molar-refractivity contribution in [1.29, 1.82) is 0 Å². The molecule has 2 heterocycles. The maximum absolute atomic E-state index is 13.6. The van der Waals surface area contributed by atoms with Crippen molar-refractivity contribution in [3.8, 4) is 11.4 Å². The molecule has 0 spiro atoms. The molecule has 0 aliphatic carbocycles. The van der Waals surface area contributed by atoms with Crippen LogP contribution < -0.4 is 15.8 Å². The fourth-order valence-corrected chi connectivity index (χ4v) is 3.71. The number of fused-ring (bicyclic) bond motifs is 1. The van der Waals surface area contributed by atoms with E-state index in [4.69, 9.17) is 10.5 Å². The Morgan fingerprint density at radius 2 is 1.89 bits per heavy atom. The van der Waals surface area contributed by atoms with Gasteiger partial charge < -0.3 is 20.4 Å². The SMILES string of the molecule is COc1ccc(F)cc1C(=O)NCc1ccc(-n2cc(C(C)C(F)(F)F)c3ncnc(N)c32)cc1. The van der Waals surface area contributed by atoms with Crippen LogP contribution in [0.1, 0.15) is 34.3 Å². The molecule has 182 valence electrons. The number of nitrogens with zero attached hydrogens (tertiary/aromatic N) is 3. The van der Waals surface area contributed by atoms with E-state index in [0.29, 0.717) is 11.3 Å². The van der Waals surface area contributed by atoms with E-state index in [1.54, 1.807) is 24.3 Å². The molecule has 0 aliphatic heterocycles. The highest BCUT2D eigenvalue weighted by atomic mass is 19.4. The first kappa shape index (κ1) is 24.0. The number of hydrogen-bond donors (Lipinski definition) is 2. The normalized spacial score (nSPS) is 12.5. The quantitative estimate of drug-likeness (QED) is 0.383. The smallest absolute Gasteiger partial charge is 0.395 e. The third-order valence-corrected chi connectivity index (χ3v) is 5.66. The van der Waals surface area contributed by atoms with E-state index < -0.39 is 23.8 Å². The van der Waals surface area contributed by atoms with Crippen molar-refractivity contribution < 1.29 is 27.1 Å². The zero-order valence-electron chi connectivity index (χ0n) is 18.7. The summed E-state index contributed by atoms with van der Waals surface area (Å²) in [5, 5.41) is 2.69. The van der Waals surface area contributed by atoms with Crippen LogP contribution >= 0.6 is 0 Å². The van der Waals surface area contributed by atoms with Gasteiger partial charge in [0.25, 0.3) is 5.91 Å². The molecular weight excluding hydrogens is 466 g/mol. The summed E-state index contributed by atoms with van der Waals surface area (Å²) in [7, 11) is 1.38. The minimum atomic E-state index is -4.45. The van der Waals surface area contributed by atoms with Gasteiger partial charge in [-0.1, -0.05) is 12.1 Å². The van der Waals surface area contributed by atoms with Gasteiger partial charge in [-0.25, -0.2) is 14.4 Å². The molecule has 0 aliphatic rings. The van der Waals surface area contributed by atoms with Crippen LogP contribution in [0.4, 0.5) is 23.4 Å². The molecule has 1 atom stereocenters. The number of carbonyl (C=O) groups is 1. The molecule has 3 N–H and O–H groups in total. The number of halogens is 4. The molecule has 0 radical (unpaired) electrons. The maximum atomic E-state index is 13.6. The van der Waals surface area contributed by atoms with Gasteiger partial charge in [-0.3, -0.25) is 4.79 Å². The first-order chi connectivity index (χ1) is 16.6. The van der Waals surface area contributed by atoms with E-state index in [9.17, 15) is 22.4 Å². The van der Waals surface area contributed by atoms with Gasteiger partial charge in [0.2, 0.25) is 0 Å². The number of rotatable bonds is 6. The molecule has 1 unspecified atom stereocenters. The van der Waals surface area contributed by atoms with Crippen LogP contribution in [-0.4, -0.2) is 33.7 Å². The Morgan fingerprint density at radius 1 is 1.17 bits per heavy atom. The Labute approximate surface area is 197 Å². The summed E-state index contributed by atoms with van der Waals surface area (Å²) >= 11 is 0. The summed E-state index contributed by atoms with van der Waals surface area (Å²) in [5.41, 5.74) is 7.68. The lowest BCUT2D eigenvalue weighted by Crippen LogP contribution is -2.23. The van der Waals surface area contributed by atoms with Crippen molar-refractivity contribution in [2.75, 3.05) is 12.8 Å². The van der Waals surface area contributed by atoms with Gasteiger partial charge in [0.1, 0.15) is 23.4 Å². The molecule has 11 heteroatoms. The molecule has 4 rings (SSSR count). The molecule has 2 aromatic heterocycles. The summed E-state index contributed by atoms with van der Waals surface area (Å²) in [4.78, 5) is 20.5. The number of hydrogen-bond acceptors (Lipinski definition) is 5. The summed E-state index contributed by atoms with van der Waals surface area (Å²) in [5.74, 6) is -2.55. The topological polar surface area (TPSA) is 95.1 Å². The van der Waals surface area contributed by atoms with E-state index in [0.717, 1.165) is 19.3 Å². The Kier molecular flexibility index (Phi) is 6.33. The summed E-state index contributed by atoms with van der Waals surface area (Å²) in [6.07, 6.45) is -1.96. The number of nitrogens with two attached hydrogens (primary N) is 1. The van der Waals surface area contributed by atoms with Crippen LogP contribution in [0.15, 0.2) is 55.0 Å². The van der Waals surface area contributed by atoms with Crippen molar-refractivity contribution in [3.05, 3.63) is 77.5 Å². The first-order valence-electron chi connectivity index (χ1n) is 10.5. The van der Waals surface area contributed by atoms with Crippen LogP contribution in [0.25, 0.3) is 16.7 Å². The molecule has 0 bridgehead atoms. The number of carbonyl (C=O) groups excluding carboxylic acids is 1. The Bertz CT molecular complexity index is 1380. The number of alkyl halides is 3. The Hall–Kier alpha value is -4.15. The van der Waals surface area contributed by atoms with Crippen LogP contribution in [-0.2, 0) is 6.54 Å². The second-order valence-electron chi connectivity index (χ2n) is 7.87. The average Bonchev–Trinajstić information content (AvgIpc) is 3.22. The number of ether oxygens (including phenoxy) is 1. The van der Waals surface area contributed by atoms with Gasteiger partial charge in [0.05, 0.1) is 24.1 Å². The van der Waals surface area contributed by atoms with Gasteiger partial charge in [0.15, 0.2) is 5.82 Å². The highest BCUT2D eigenvalue weighted by molar-refractivity contribution is 5.97. The lowest BCUT2D eigenvalue weighted by Gasteiger charge is -2.14. The minimum Gasteiger partial charge on any atom is -0.496 e. The van der Waals surface area contributed by atoms with Crippen LogP contribution in [0.5, 0.6) is 5.75 Å². The lowest BCUT2D eigenvalue weighted by atomic mass is 10.0. The predicted octanol–water partition coefficient (Wildman–Crippen LogP) is 4.75. The minimum absolute atomic E-state index is 0.0121. The monoisotopic (exact) mass is 487 g/mol. The van der Waals surface area contributed by atoms with Crippen LogP contribution in [0.3, 0.4) is 0 Å². The van der Waals surface area contributed by atoms with Crippen molar-refractivity contribution in [2.24, 2.45) is 0 Å². The third kappa shape index (κ3) is 4.75. The van der Waals surface area contributed by atoms with E-state index in [-0.39, 0.29) is 40.3 Å². The first-order valence-corrected chi connectivity index (χ1v) is 10.5. The average molecular weight is 487 g/mol. The fourth-order valence-electron chi connectivity index (χ4n) is 3.71. The molecule has 2 aromatic carbocycles. The van der Waals surface area contributed by atoms with E-state index >= 15 is 0 Å². The predicted molar refractivity (Wildman–Crippen MR) is 122 cm³/mol. The fraction of sp³-hybridized carbons (Fsp3) is 0.208. The largest absolute Gasteiger partial charge is 0.496 e. The molecule has 0 saturated heterocycles. The number of aromatic nitrogens is 3. The van der Waals surface area contributed by atoms with E-state index in [1.165, 1.54) is 30.0 Å². The number of amides is 1. The molecule has 1 amide bonds. The Morgan fingerprint density at radius 3 is 2.54 bits per heavy atom. The number of anilines is 1. The van der Waals surface area contributed by atoms with E-state index in [2.05, 4.69) is 15.3 Å². The zero-order chi connectivity index (χ0) is 25.3. The van der Waals surface area contributed by atoms with Crippen LogP contribution in [0, 0.1) is 5.82 Å². The van der Waals surface area contributed by atoms with Gasteiger partial charge >= 0.3 is 6.18 Å². The number of nitrogen functional groups attached to an aromatic ring is 1. The van der Waals surface area contributed by atoms with E-state index in [1.807, 2.05) is 0 Å².